The SMILES string of the molecule is Cc1noc(C)c1S(=O)(=O)N1CCN(C(=O)N2CCCCC2)CC1. The molecule has 134 valence electrons. The predicted molar refractivity (Wildman–Crippen MR) is 87.1 cm³/mol. The van der Waals surface area contributed by atoms with Crippen molar-refractivity contribution in [2.75, 3.05) is 39.3 Å². The molecule has 0 spiro atoms. The van der Waals surface area contributed by atoms with Crippen molar-refractivity contribution < 1.29 is 17.7 Å². The molecule has 1 aromatic heterocycles. The number of carbonyl (C=O) groups is 1. The smallest absolute Gasteiger partial charge is 0.320 e. The van der Waals surface area contributed by atoms with Crippen molar-refractivity contribution in [3.05, 3.63) is 11.5 Å². The number of nitrogens with zero attached hydrogens (tertiary/aromatic N) is 4. The van der Waals surface area contributed by atoms with E-state index < -0.39 is 10.0 Å². The van der Waals surface area contributed by atoms with Crippen LogP contribution in [0, 0.1) is 13.8 Å². The molecule has 8 nitrogen and oxygen atoms in total. The summed E-state index contributed by atoms with van der Waals surface area (Å²) in [6, 6.07) is 0.0316. The van der Waals surface area contributed by atoms with Crippen LogP contribution in [0.4, 0.5) is 4.79 Å². The average Bonchev–Trinajstić information content (AvgIpc) is 2.94. The Hall–Kier alpha value is -1.61. The zero-order valence-electron chi connectivity index (χ0n) is 14.2. The topological polar surface area (TPSA) is 87.0 Å². The number of rotatable bonds is 2. The van der Waals surface area contributed by atoms with Crippen molar-refractivity contribution in [2.24, 2.45) is 0 Å². The summed E-state index contributed by atoms with van der Waals surface area (Å²) in [5.74, 6) is 0.305. The fraction of sp³-hybridized carbons (Fsp3) is 0.733. The number of sulfonamides is 1. The fourth-order valence-electron chi connectivity index (χ4n) is 3.38. The van der Waals surface area contributed by atoms with E-state index in [1.54, 1.807) is 18.7 Å². The third kappa shape index (κ3) is 3.14. The van der Waals surface area contributed by atoms with Crippen LogP contribution in [-0.2, 0) is 10.0 Å². The van der Waals surface area contributed by atoms with Crippen LogP contribution in [0.25, 0.3) is 0 Å². The van der Waals surface area contributed by atoms with Gasteiger partial charge in [-0.2, -0.15) is 4.31 Å². The lowest BCUT2D eigenvalue weighted by molar-refractivity contribution is 0.126. The first-order valence-electron chi connectivity index (χ1n) is 8.38. The van der Waals surface area contributed by atoms with Gasteiger partial charge in [0.25, 0.3) is 0 Å². The molecule has 3 heterocycles. The normalized spacial score (nSPS) is 20.4. The predicted octanol–water partition coefficient (Wildman–Crippen LogP) is 1.20. The minimum Gasteiger partial charge on any atom is -0.360 e. The van der Waals surface area contributed by atoms with Crippen molar-refractivity contribution in [3.8, 4) is 0 Å². The number of likely N-dealkylation sites (tertiary alicyclic amines) is 1. The molecular formula is C15H24N4O4S. The second kappa shape index (κ2) is 6.72. The minimum atomic E-state index is -3.63. The lowest BCUT2D eigenvalue weighted by Gasteiger charge is -2.38. The van der Waals surface area contributed by atoms with Crippen LogP contribution in [0.1, 0.15) is 30.7 Å². The molecule has 2 fully saturated rings. The summed E-state index contributed by atoms with van der Waals surface area (Å²) >= 11 is 0. The Morgan fingerprint density at radius 3 is 2.08 bits per heavy atom. The van der Waals surface area contributed by atoms with E-state index >= 15 is 0 Å². The van der Waals surface area contributed by atoms with E-state index in [2.05, 4.69) is 5.16 Å². The van der Waals surface area contributed by atoms with Gasteiger partial charge in [0.1, 0.15) is 10.6 Å². The summed E-state index contributed by atoms with van der Waals surface area (Å²) in [6.07, 6.45) is 3.27. The van der Waals surface area contributed by atoms with Gasteiger partial charge in [0.15, 0.2) is 5.76 Å². The maximum absolute atomic E-state index is 12.8. The van der Waals surface area contributed by atoms with Crippen LogP contribution in [0.3, 0.4) is 0 Å². The van der Waals surface area contributed by atoms with Gasteiger partial charge in [0, 0.05) is 39.3 Å². The van der Waals surface area contributed by atoms with Crippen LogP contribution in [0.2, 0.25) is 0 Å². The summed E-state index contributed by atoms with van der Waals surface area (Å²) in [6.45, 7) is 6.25. The number of aromatic nitrogens is 1. The number of aryl methyl sites for hydroxylation is 2. The van der Waals surface area contributed by atoms with Crippen LogP contribution in [0.5, 0.6) is 0 Å². The molecule has 2 saturated heterocycles. The maximum Gasteiger partial charge on any atom is 0.320 e. The van der Waals surface area contributed by atoms with Crippen LogP contribution in [0.15, 0.2) is 9.42 Å². The van der Waals surface area contributed by atoms with Crippen molar-refractivity contribution in [3.63, 3.8) is 0 Å². The first kappa shape index (κ1) is 17.2. The molecule has 0 unspecified atom stereocenters. The Morgan fingerprint density at radius 1 is 0.958 bits per heavy atom. The van der Waals surface area contributed by atoms with Gasteiger partial charge in [-0.15, -0.1) is 0 Å². The molecule has 2 aliphatic heterocycles. The molecule has 24 heavy (non-hydrogen) atoms. The molecule has 3 rings (SSSR count). The molecular weight excluding hydrogens is 332 g/mol. The number of piperazine rings is 1. The zero-order chi connectivity index (χ0) is 17.3. The third-order valence-corrected chi connectivity index (χ3v) is 6.85. The quantitative estimate of drug-likeness (QED) is 0.795. The third-order valence-electron chi connectivity index (χ3n) is 4.70. The van der Waals surface area contributed by atoms with Crippen LogP contribution < -0.4 is 0 Å². The Bertz CT molecular complexity index is 682. The molecule has 0 radical (unpaired) electrons. The van der Waals surface area contributed by atoms with E-state index in [1.807, 2.05) is 4.90 Å². The molecule has 9 heteroatoms. The highest BCUT2D eigenvalue weighted by atomic mass is 32.2. The second-order valence-corrected chi connectivity index (χ2v) is 8.25. The second-order valence-electron chi connectivity index (χ2n) is 6.37. The number of hydrogen-bond acceptors (Lipinski definition) is 5. The number of hydrogen-bond donors (Lipinski definition) is 0. The van der Waals surface area contributed by atoms with Gasteiger partial charge in [0.05, 0.1) is 0 Å². The average molecular weight is 356 g/mol. The summed E-state index contributed by atoms with van der Waals surface area (Å²) in [4.78, 5) is 16.3. The Balaban J connectivity index is 1.65. The van der Waals surface area contributed by atoms with Crippen molar-refractivity contribution in [2.45, 2.75) is 38.0 Å². The minimum absolute atomic E-state index is 0.0316. The fourth-order valence-corrected chi connectivity index (χ4v) is 5.09. The van der Waals surface area contributed by atoms with E-state index in [0.717, 1.165) is 25.9 Å². The molecule has 0 aliphatic carbocycles. The van der Waals surface area contributed by atoms with Crippen molar-refractivity contribution >= 4 is 16.1 Å². The maximum atomic E-state index is 12.8. The standard InChI is InChI=1S/C15H24N4O4S/c1-12-14(13(2)23-16-12)24(21,22)19-10-8-18(9-11-19)15(20)17-6-4-3-5-7-17/h3-11H2,1-2H3. The Labute approximate surface area is 142 Å². The number of carbonyl (C=O) groups excluding carboxylic acids is 1. The lowest BCUT2D eigenvalue weighted by atomic mass is 10.1. The van der Waals surface area contributed by atoms with Gasteiger partial charge in [-0.05, 0) is 33.1 Å². The highest BCUT2D eigenvalue weighted by molar-refractivity contribution is 7.89. The largest absolute Gasteiger partial charge is 0.360 e. The van der Waals surface area contributed by atoms with Gasteiger partial charge in [-0.1, -0.05) is 5.16 Å². The molecule has 0 saturated carbocycles. The molecule has 0 N–H and O–H groups in total. The summed E-state index contributed by atoms with van der Waals surface area (Å²) in [5.41, 5.74) is 0.374. The monoisotopic (exact) mass is 356 g/mol. The van der Waals surface area contributed by atoms with Crippen molar-refractivity contribution in [1.82, 2.24) is 19.3 Å². The van der Waals surface area contributed by atoms with Gasteiger partial charge in [-0.3, -0.25) is 0 Å². The summed E-state index contributed by atoms with van der Waals surface area (Å²) < 4.78 is 32.0. The molecule has 0 aromatic carbocycles. The highest BCUT2D eigenvalue weighted by Crippen LogP contribution is 2.24. The zero-order valence-corrected chi connectivity index (χ0v) is 15.0. The number of urea groups is 1. The van der Waals surface area contributed by atoms with Crippen LogP contribution in [-0.4, -0.2) is 73.0 Å². The molecule has 2 amide bonds. The van der Waals surface area contributed by atoms with E-state index in [9.17, 15) is 13.2 Å². The first-order chi connectivity index (χ1) is 11.4. The van der Waals surface area contributed by atoms with E-state index in [1.165, 1.54) is 10.7 Å². The molecule has 0 bridgehead atoms. The number of amides is 2. The number of piperidine rings is 1. The molecule has 2 aliphatic rings. The van der Waals surface area contributed by atoms with E-state index in [0.29, 0.717) is 37.6 Å². The van der Waals surface area contributed by atoms with E-state index in [-0.39, 0.29) is 10.9 Å². The van der Waals surface area contributed by atoms with Crippen LogP contribution >= 0.6 is 0 Å². The van der Waals surface area contributed by atoms with Crippen molar-refractivity contribution in [1.29, 1.82) is 0 Å². The molecule has 0 atom stereocenters. The summed E-state index contributed by atoms with van der Waals surface area (Å²) in [5, 5.41) is 3.73. The lowest BCUT2D eigenvalue weighted by Crippen LogP contribution is -2.54. The summed E-state index contributed by atoms with van der Waals surface area (Å²) in [7, 11) is -3.63. The molecule has 1 aromatic rings. The first-order valence-corrected chi connectivity index (χ1v) is 9.82. The Kier molecular flexibility index (Phi) is 4.82. The van der Waals surface area contributed by atoms with E-state index in [4.69, 9.17) is 4.52 Å². The Morgan fingerprint density at radius 2 is 1.54 bits per heavy atom. The van der Waals surface area contributed by atoms with Gasteiger partial charge >= 0.3 is 6.03 Å². The van der Waals surface area contributed by atoms with Gasteiger partial charge in [-0.25, -0.2) is 13.2 Å². The highest BCUT2D eigenvalue weighted by Gasteiger charge is 2.35. The van der Waals surface area contributed by atoms with Gasteiger partial charge < -0.3 is 14.3 Å². The van der Waals surface area contributed by atoms with Gasteiger partial charge in [0.2, 0.25) is 10.0 Å².